The lowest BCUT2D eigenvalue weighted by Crippen LogP contribution is -2.68. The zero-order chi connectivity index (χ0) is 23.3. The molecule has 5 aliphatic rings. The molecule has 8 unspecified atom stereocenters. The predicted octanol–water partition coefficient (Wildman–Crippen LogP) is 5.52. The van der Waals surface area contributed by atoms with Gasteiger partial charge in [-0.25, -0.2) is 0 Å². The van der Waals surface area contributed by atoms with Crippen LogP contribution in [0.3, 0.4) is 0 Å². The standard InChI is InChI=1S/C31H39N3O/c1-31(2)23-12-14-32-17-26(23)34-25-10-6-13-33-28(25)22-15-18(16-24(31)29(22)34)19-8-5-9-21-20-7-3-4-11-27(20)35-30(19)21/h3-5,7-9,11,18,22-26,28-29,32-33H,6,10,12-17H2,1-2H3. The zero-order valence-electron chi connectivity index (χ0n) is 21.2. The van der Waals surface area contributed by atoms with E-state index >= 15 is 0 Å². The molecule has 35 heavy (non-hydrogen) atoms. The zero-order valence-corrected chi connectivity index (χ0v) is 21.2. The highest BCUT2D eigenvalue weighted by Gasteiger charge is 2.64. The highest BCUT2D eigenvalue weighted by molar-refractivity contribution is 6.05. The van der Waals surface area contributed by atoms with Crippen LogP contribution in [-0.2, 0) is 0 Å². The van der Waals surface area contributed by atoms with Crippen LogP contribution in [0.4, 0.5) is 0 Å². The number of rotatable bonds is 1. The molecular weight excluding hydrogens is 430 g/mol. The molecule has 4 nitrogen and oxygen atoms in total. The maximum absolute atomic E-state index is 6.56. The summed E-state index contributed by atoms with van der Waals surface area (Å²) in [5.74, 6) is 2.86. The highest BCUT2D eigenvalue weighted by Crippen LogP contribution is 2.61. The smallest absolute Gasteiger partial charge is 0.138 e. The average molecular weight is 470 g/mol. The first-order valence-electron chi connectivity index (χ1n) is 14.2. The minimum Gasteiger partial charge on any atom is -0.456 e. The molecule has 5 fully saturated rings. The van der Waals surface area contributed by atoms with Gasteiger partial charge in [0, 0.05) is 41.5 Å². The fraction of sp³-hybridized carbons (Fsp3) is 0.613. The average Bonchev–Trinajstić information content (AvgIpc) is 3.43. The quantitative estimate of drug-likeness (QED) is 0.492. The van der Waals surface area contributed by atoms with Gasteiger partial charge in [0.05, 0.1) is 0 Å². The summed E-state index contributed by atoms with van der Waals surface area (Å²) in [6.45, 7) is 8.84. The normalized spacial score (nSPS) is 40.4. The number of furan rings is 1. The Morgan fingerprint density at radius 2 is 1.80 bits per heavy atom. The van der Waals surface area contributed by atoms with Crippen molar-refractivity contribution in [3.8, 4) is 0 Å². The number of hydrogen-bond donors (Lipinski definition) is 2. The summed E-state index contributed by atoms with van der Waals surface area (Å²) in [5, 5.41) is 10.4. The van der Waals surface area contributed by atoms with Crippen LogP contribution in [0.1, 0.15) is 57.4 Å². The number of para-hydroxylation sites is 2. The van der Waals surface area contributed by atoms with Crippen molar-refractivity contribution in [1.82, 2.24) is 15.5 Å². The molecule has 4 saturated heterocycles. The van der Waals surface area contributed by atoms with E-state index in [9.17, 15) is 0 Å². The molecule has 4 aliphatic heterocycles. The predicted molar refractivity (Wildman–Crippen MR) is 142 cm³/mol. The van der Waals surface area contributed by atoms with Crippen LogP contribution >= 0.6 is 0 Å². The van der Waals surface area contributed by atoms with E-state index in [1.807, 2.05) is 0 Å². The third-order valence-electron chi connectivity index (χ3n) is 11.2. The molecule has 8 rings (SSSR count). The molecule has 1 saturated carbocycles. The second-order valence-electron chi connectivity index (χ2n) is 12.9. The molecule has 1 aromatic heterocycles. The fourth-order valence-electron chi connectivity index (χ4n) is 9.84. The molecule has 0 radical (unpaired) electrons. The third kappa shape index (κ3) is 2.85. The Morgan fingerprint density at radius 1 is 0.914 bits per heavy atom. The summed E-state index contributed by atoms with van der Waals surface area (Å²) in [6, 6.07) is 18.3. The summed E-state index contributed by atoms with van der Waals surface area (Å²) in [7, 11) is 0. The SMILES string of the molecule is CC1(C)C2CCNCC2N2C3CCCNC3C3CC(c4cccc5c4oc4ccccc45)CC1C32. The molecule has 0 spiro atoms. The molecule has 3 aromatic rings. The lowest BCUT2D eigenvalue weighted by atomic mass is 9.53. The van der Waals surface area contributed by atoms with Gasteiger partial charge in [-0.2, -0.15) is 0 Å². The molecule has 1 aliphatic carbocycles. The molecule has 2 aromatic carbocycles. The van der Waals surface area contributed by atoms with Crippen LogP contribution in [0.5, 0.6) is 0 Å². The van der Waals surface area contributed by atoms with Crippen molar-refractivity contribution < 1.29 is 4.42 Å². The van der Waals surface area contributed by atoms with E-state index in [1.165, 1.54) is 68.1 Å². The van der Waals surface area contributed by atoms with Crippen LogP contribution in [-0.4, -0.2) is 48.7 Å². The Kier molecular flexibility index (Phi) is 4.59. The molecule has 4 heteroatoms. The Hall–Kier alpha value is -1.88. The van der Waals surface area contributed by atoms with E-state index < -0.39 is 0 Å². The van der Waals surface area contributed by atoms with Crippen molar-refractivity contribution in [3.63, 3.8) is 0 Å². The minimum absolute atomic E-state index is 0.375. The summed E-state index contributed by atoms with van der Waals surface area (Å²) in [4.78, 5) is 3.09. The Labute approximate surface area is 208 Å². The van der Waals surface area contributed by atoms with E-state index in [0.717, 1.165) is 41.0 Å². The largest absolute Gasteiger partial charge is 0.456 e. The minimum atomic E-state index is 0.375. The van der Waals surface area contributed by atoms with Crippen LogP contribution < -0.4 is 10.6 Å². The molecule has 0 amide bonds. The number of piperidine rings is 3. The van der Waals surface area contributed by atoms with Gasteiger partial charge in [0.15, 0.2) is 0 Å². The van der Waals surface area contributed by atoms with Crippen LogP contribution in [0.25, 0.3) is 21.9 Å². The van der Waals surface area contributed by atoms with Gasteiger partial charge in [-0.05, 0) is 85.9 Å². The van der Waals surface area contributed by atoms with Crippen molar-refractivity contribution in [3.05, 3.63) is 48.0 Å². The summed E-state index contributed by atoms with van der Waals surface area (Å²) >= 11 is 0. The molecule has 5 heterocycles. The summed E-state index contributed by atoms with van der Waals surface area (Å²) in [5.41, 5.74) is 4.01. The molecule has 8 atom stereocenters. The third-order valence-corrected chi connectivity index (χ3v) is 11.2. The van der Waals surface area contributed by atoms with Crippen LogP contribution in [0.2, 0.25) is 0 Å². The first kappa shape index (κ1) is 21.2. The van der Waals surface area contributed by atoms with Gasteiger partial charge >= 0.3 is 0 Å². The summed E-state index contributed by atoms with van der Waals surface area (Å²) in [6.07, 6.45) is 6.64. The first-order chi connectivity index (χ1) is 17.1. The van der Waals surface area contributed by atoms with Gasteiger partial charge < -0.3 is 15.1 Å². The lowest BCUT2D eigenvalue weighted by Gasteiger charge is -2.62. The maximum atomic E-state index is 6.56. The van der Waals surface area contributed by atoms with Crippen molar-refractivity contribution in [2.75, 3.05) is 19.6 Å². The maximum Gasteiger partial charge on any atom is 0.138 e. The molecule has 0 bridgehead atoms. The van der Waals surface area contributed by atoms with Crippen molar-refractivity contribution in [1.29, 1.82) is 0 Å². The monoisotopic (exact) mass is 469 g/mol. The van der Waals surface area contributed by atoms with Gasteiger partial charge in [-0.1, -0.05) is 50.2 Å². The number of fused-ring (bicyclic) bond motifs is 8. The van der Waals surface area contributed by atoms with Crippen molar-refractivity contribution >= 4 is 21.9 Å². The fourth-order valence-corrected chi connectivity index (χ4v) is 9.84. The van der Waals surface area contributed by atoms with Crippen LogP contribution in [0, 0.1) is 23.2 Å². The van der Waals surface area contributed by atoms with Gasteiger partial charge in [0.1, 0.15) is 11.2 Å². The second kappa shape index (κ2) is 7.57. The number of nitrogens with one attached hydrogen (secondary N) is 2. The molecular formula is C31H39N3O. The second-order valence-corrected chi connectivity index (χ2v) is 12.9. The van der Waals surface area contributed by atoms with E-state index in [1.54, 1.807) is 0 Å². The molecule has 184 valence electrons. The van der Waals surface area contributed by atoms with E-state index in [4.69, 9.17) is 4.42 Å². The van der Waals surface area contributed by atoms with Gasteiger partial charge in [-0.15, -0.1) is 0 Å². The van der Waals surface area contributed by atoms with Crippen molar-refractivity contribution in [2.24, 2.45) is 23.2 Å². The Balaban J connectivity index is 1.26. The summed E-state index contributed by atoms with van der Waals surface area (Å²) < 4.78 is 6.56. The lowest BCUT2D eigenvalue weighted by molar-refractivity contribution is -0.121. The van der Waals surface area contributed by atoms with Gasteiger partial charge in [0.2, 0.25) is 0 Å². The number of hydrogen-bond acceptors (Lipinski definition) is 4. The van der Waals surface area contributed by atoms with E-state index in [2.05, 4.69) is 71.8 Å². The topological polar surface area (TPSA) is 40.4 Å². The van der Waals surface area contributed by atoms with E-state index in [0.29, 0.717) is 23.4 Å². The van der Waals surface area contributed by atoms with Gasteiger partial charge in [0.25, 0.3) is 0 Å². The molecule has 2 N–H and O–H groups in total. The highest BCUT2D eigenvalue weighted by atomic mass is 16.3. The Bertz CT molecular complexity index is 1280. The number of benzene rings is 2. The van der Waals surface area contributed by atoms with Gasteiger partial charge in [-0.3, -0.25) is 4.90 Å². The Morgan fingerprint density at radius 3 is 2.74 bits per heavy atom. The first-order valence-corrected chi connectivity index (χ1v) is 14.2. The van der Waals surface area contributed by atoms with Crippen LogP contribution in [0.15, 0.2) is 46.9 Å². The van der Waals surface area contributed by atoms with Crippen molar-refractivity contribution in [2.45, 2.75) is 76.0 Å². The van der Waals surface area contributed by atoms with E-state index in [-0.39, 0.29) is 0 Å². The number of nitrogens with zero attached hydrogens (tertiary/aromatic N) is 1.